The van der Waals surface area contributed by atoms with Crippen molar-refractivity contribution >= 4 is 11.6 Å². The van der Waals surface area contributed by atoms with Crippen LogP contribution in [0.25, 0.3) is 0 Å². The molecule has 414 valence electrons. The first-order valence-corrected chi connectivity index (χ1v) is 22.9. The summed E-state index contributed by atoms with van der Waals surface area (Å²) < 4.78 is 26.3. The first-order chi connectivity index (χ1) is 35.2. The lowest BCUT2D eigenvalue weighted by Crippen LogP contribution is -2.95. The van der Waals surface area contributed by atoms with Crippen molar-refractivity contribution in [2.75, 3.05) is 41.2 Å². The van der Waals surface area contributed by atoms with Gasteiger partial charge >= 0.3 is 0 Å². The SMILES string of the molecule is COc1cc2c(cc1OC)C(=O)C(O)(CC1(O)C(O)(O)C(O)(O)N(C(O)(O)c3c(O)c(O)c(OCOc4cc5c(cc4OC)CC(O)(C(O)(O)C4CCN(Cc6ccccc6)CC4)C5=O)c(O)c3O)C(O)(O)C1(O)O)C2. The minimum absolute atomic E-state index is 0.0252. The van der Waals surface area contributed by atoms with Crippen LogP contribution < -0.4 is 23.7 Å². The molecule has 2 aliphatic heterocycles. The van der Waals surface area contributed by atoms with Crippen molar-refractivity contribution < 1.29 is 130 Å². The number of methoxy groups -OCH3 is 3. The van der Waals surface area contributed by atoms with Crippen LogP contribution in [0.4, 0.5) is 0 Å². The number of ether oxygens (including phenoxy) is 5. The number of nitrogens with zero attached hydrogens (tertiary/aromatic N) is 2. The van der Waals surface area contributed by atoms with Crippen molar-refractivity contribution in [2.24, 2.45) is 5.92 Å². The number of phenolic OH excluding ortho intramolecular Hbond substituents is 4. The van der Waals surface area contributed by atoms with E-state index in [1.54, 1.807) is 0 Å². The fourth-order valence-electron chi connectivity index (χ4n) is 10.7. The van der Waals surface area contributed by atoms with Crippen LogP contribution in [0.1, 0.15) is 62.2 Å². The van der Waals surface area contributed by atoms with Crippen LogP contribution in [0, 0.1) is 5.92 Å². The maximum atomic E-state index is 13.9. The van der Waals surface area contributed by atoms with E-state index in [0.717, 1.165) is 30.9 Å². The Bertz CT molecular complexity index is 2900. The van der Waals surface area contributed by atoms with E-state index in [1.165, 1.54) is 20.3 Å². The average Bonchev–Trinajstić information content (AvgIpc) is 3.91. The first kappa shape index (κ1) is 56.0. The van der Waals surface area contributed by atoms with Gasteiger partial charge in [0.2, 0.25) is 35.6 Å². The van der Waals surface area contributed by atoms with Crippen molar-refractivity contribution in [1.29, 1.82) is 0 Å². The number of ketones is 2. The lowest BCUT2D eigenvalue weighted by molar-refractivity contribution is -0.629. The number of Topliss-reactive ketones (excluding diaryl/α,β-unsaturated/α-hetero) is 2. The normalized spacial score (nSPS) is 24.0. The largest absolute Gasteiger partial charge is 0.504 e. The number of phenols is 4. The van der Waals surface area contributed by atoms with Crippen LogP contribution in [0.15, 0.2) is 54.6 Å². The molecule has 4 aromatic carbocycles. The molecule has 2 heterocycles. The van der Waals surface area contributed by atoms with Gasteiger partial charge in [0.1, 0.15) is 11.2 Å². The number of likely N-dealkylation sites (tertiary alicyclic amines) is 2. The van der Waals surface area contributed by atoms with Gasteiger partial charge < -0.3 is 121 Å². The van der Waals surface area contributed by atoms with Crippen molar-refractivity contribution in [1.82, 2.24) is 9.80 Å². The number of hydrogen-bond donors (Lipinski definition) is 19. The number of hydrogen-bond acceptors (Lipinski definition) is 28. The van der Waals surface area contributed by atoms with Crippen LogP contribution in [0.3, 0.4) is 0 Å². The number of benzene rings is 4. The topological polar surface area (TPSA) is 471 Å². The van der Waals surface area contributed by atoms with Gasteiger partial charge in [0.15, 0.2) is 51.5 Å². The van der Waals surface area contributed by atoms with E-state index in [4.69, 9.17) is 23.7 Å². The van der Waals surface area contributed by atoms with Gasteiger partial charge in [0.05, 0.1) is 21.3 Å². The summed E-state index contributed by atoms with van der Waals surface area (Å²) in [7, 11) is 3.51. The molecule has 4 aromatic rings. The molecule has 76 heavy (non-hydrogen) atoms. The predicted molar refractivity (Wildman–Crippen MR) is 246 cm³/mol. The van der Waals surface area contributed by atoms with E-state index < -0.39 is 140 Å². The molecule has 28 heteroatoms. The molecule has 19 N–H and O–H groups in total. The van der Waals surface area contributed by atoms with Crippen LogP contribution in [-0.4, -0.2) is 206 Å². The molecular weight excluding hydrogens is 1020 g/mol. The Labute approximate surface area is 428 Å². The lowest BCUT2D eigenvalue weighted by Gasteiger charge is -2.65. The first-order valence-electron chi connectivity index (χ1n) is 22.9. The predicted octanol–water partition coefficient (Wildman–Crippen LogP) is -4.65. The fourth-order valence-corrected chi connectivity index (χ4v) is 10.7. The zero-order chi connectivity index (χ0) is 56.3. The standard InChI is InChI=1S/C48H56N2O26/c1-72-28-13-23-17-40(57,38(55)26(23)15-30(28)74-3)20-42(59)45(64,65)47(68,69)50(48(70,71)46(42,66)67)44(62,63)32-33(51)35(53)37(36(54)34(32)52)76-21-75-31-16-27-24(14-29(31)73-2)18-41(58,39(27)56)43(60,61)25-9-11-49(12-10-25)19-22-7-5-4-6-8-22/h4-8,13-16,25,51-54,57-71H,9-12,17-21H2,1-3H3. The highest BCUT2D eigenvalue weighted by Gasteiger charge is 2.88. The van der Waals surface area contributed by atoms with Crippen LogP contribution in [0.5, 0.6) is 51.7 Å². The van der Waals surface area contributed by atoms with Crippen molar-refractivity contribution in [3.05, 3.63) is 88.0 Å². The molecule has 8 rings (SSSR count). The summed E-state index contributed by atoms with van der Waals surface area (Å²) in [6, 6.07) is 14.0. The molecule has 2 fully saturated rings. The highest BCUT2D eigenvalue weighted by Crippen LogP contribution is 2.61. The lowest BCUT2D eigenvalue weighted by atomic mass is 9.68. The monoisotopic (exact) mass is 1080 g/mol. The Kier molecular flexibility index (Phi) is 13.6. The third kappa shape index (κ3) is 7.96. The summed E-state index contributed by atoms with van der Waals surface area (Å²) in [6.07, 6.45) is -3.30. The second-order valence-corrected chi connectivity index (χ2v) is 19.3. The molecule has 0 radical (unpaired) electrons. The zero-order valence-corrected chi connectivity index (χ0v) is 40.4. The van der Waals surface area contributed by atoms with Gasteiger partial charge in [-0.3, -0.25) is 14.5 Å². The number of aromatic hydroxyl groups is 4. The Hall–Kier alpha value is -6.26. The highest BCUT2D eigenvalue weighted by atomic mass is 16.7. The molecular formula is C48H56N2O26. The fraction of sp³-hybridized carbons (Fsp3) is 0.458. The minimum Gasteiger partial charge on any atom is -0.504 e. The van der Waals surface area contributed by atoms with E-state index in [1.807, 2.05) is 30.3 Å². The van der Waals surface area contributed by atoms with Crippen molar-refractivity contribution in [3.8, 4) is 51.7 Å². The van der Waals surface area contributed by atoms with Gasteiger partial charge in [-0.05, 0) is 66.9 Å². The summed E-state index contributed by atoms with van der Waals surface area (Å²) in [6.45, 7) is 0.217. The summed E-state index contributed by atoms with van der Waals surface area (Å²) in [5, 5.41) is 215. The van der Waals surface area contributed by atoms with E-state index >= 15 is 0 Å². The number of fused-ring (bicyclic) bond motifs is 2. The van der Waals surface area contributed by atoms with Crippen molar-refractivity contribution in [2.45, 2.75) is 90.5 Å². The molecule has 0 spiro atoms. The van der Waals surface area contributed by atoms with Crippen LogP contribution in [-0.2, 0) is 25.3 Å². The van der Waals surface area contributed by atoms with Crippen molar-refractivity contribution in [3.63, 3.8) is 0 Å². The van der Waals surface area contributed by atoms with E-state index in [9.17, 15) is 107 Å². The van der Waals surface area contributed by atoms with Crippen LogP contribution >= 0.6 is 0 Å². The number of aliphatic hydroxyl groups is 15. The zero-order valence-electron chi connectivity index (χ0n) is 40.4. The third-order valence-electron chi connectivity index (χ3n) is 14.9. The third-order valence-corrected chi connectivity index (χ3v) is 14.9. The summed E-state index contributed by atoms with van der Waals surface area (Å²) in [5.41, 5.74) is -12.7. The second kappa shape index (κ2) is 18.5. The summed E-state index contributed by atoms with van der Waals surface area (Å²) in [4.78, 5) is 27.9. The van der Waals surface area contributed by atoms with Gasteiger partial charge in [-0.15, -0.1) is 4.90 Å². The van der Waals surface area contributed by atoms with Gasteiger partial charge in [0.25, 0.3) is 29.3 Å². The second-order valence-electron chi connectivity index (χ2n) is 19.3. The molecule has 0 amide bonds. The molecule has 2 aliphatic carbocycles. The van der Waals surface area contributed by atoms with Gasteiger partial charge in [0, 0.05) is 42.9 Å². The molecule has 28 nitrogen and oxygen atoms in total. The number of carbonyl (C=O) groups is 2. The molecule has 0 saturated carbocycles. The van der Waals surface area contributed by atoms with Crippen LogP contribution in [0.2, 0.25) is 0 Å². The molecule has 4 aliphatic rings. The highest BCUT2D eigenvalue weighted by molar-refractivity contribution is 6.08. The maximum absolute atomic E-state index is 13.9. The average molecular weight is 1080 g/mol. The number of carbonyl (C=O) groups excluding carboxylic acids is 2. The molecule has 2 atom stereocenters. The summed E-state index contributed by atoms with van der Waals surface area (Å²) >= 11 is 0. The molecule has 2 saturated heterocycles. The summed E-state index contributed by atoms with van der Waals surface area (Å²) in [5.74, 6) is -42.8. The quantitative estimate of drug-likeness (QED) is 0.0302. The van der Waals surface area contributed by atoms with Gasteiger partial charge in [-0.25, -0.2) is 0 Å². The Balaban J connectivity index is 1.02. The molecule has 0 aromatic heterocycles. The van der Waals surface area contributed by atoms with E-state index in [-0.39, 0.29) is 52.5 Å². The Morgan fingerprint density at radius 1 is 0.605 bits per heavy atom. The smallest absolute Gasteiger partial charge is 0.294 e. The van der Waals surface area contributed by atoms with E-state index in [2.05, 4.69) is 4.90 Å². The minimum atomic E-state index is -5.36. The Morgan fingerprint density at radius 2 is 1.08 bits per heavy atom. The van der Waals surface area contributed by atoms with Gasteiger partial charge in [-0.1, -0.05) is 30.3 Å². The van der Waals surface area contributed by atoms with E-state index in [0.29, 0.717) is 19.6 Å². The Morgan fingerprint density at radius 3 is 1.61 bits per heavy atom. The molecule has 0 bridgehead atoms. The number of rotatable bonds is 15. The van der Waals surface area contributed by atoms with Gasteiger partial charge in [-0.2, -0.15) is 0 Å². The molecule has 2 unspecified atom stereocenters. The maximum Gasteiger partial charge on any atom is 0.294 e. The number of piperidine rings is 2.